The Morgan fingerprint density at radius 2 is 2.50 bits per heavy atom. The molecule has 86 valence electrons. The average Bonchev–Trinajstić information content (AvgIpc) is 2.39. The summed E-state index contributed by atoms with van der Waals surface area (Å²) in [6, 6.07) is -0.435. The van der Waals surface area contributed by atoms with Gasteiger partial charge in [0, 0.05) is 18.9 Å². The van der Waals surface area contributed by atoms with E-state index in [1.165, 1.54) is 7.11 Å². The molecule has 1 fully saturated rings. The smallest absolute Gasteiger partial charge is 0.330 e. The van der Waals surface area contributed by atoms with Crippen molar-refractivity contribution in [3.05, 3.63) is 18.6 Å². The Hall–Kier alpha value is -1.69. The van der Waals surface area contributed by atoms with Crippen molar-refractivity contribution < 1.29 is 14.3 Å². The molecule has 1 atom stereocenters. The minimum atomic E-state index is -0.435. The molecule has 1 aliphatic heterocycles. The standard InChI is InChI=1S/C10H13N3O3/c1-15-10(14)8-7-16-5-4-13(8)9-6-11-2-3-12-9/h2-3,6,8H,4-5,7H2,1H3. The zero-order chi connectivity index (χ0) is 11.4. The molecule has 16 heavy (non-hydrogen) atoms. The molecule has 6 nitrogen and oxygen atoms in total. The number of morpholine rings is 1. The number of hydrogen-bond acceptors (Lipinski definition) is 6. The van der Waals surface area contributed by atoms with Crippen molar-refractivity contribution in [2.45, 2.75) is 6.04 Å². The summed E-state index contributed by atoms with van der Waals surface area (Å²) in [5.74, 6) is 0.353. The van der Waals surface area contributed by atoms with E-state index >= 15 is 0 Å². The van der Waals surface area contributed by atoms with E-state index in [1.807, 2.05) is 4.90 Å². The molecule has 1 aromatic heterocycles. The average molecular weight is 223 g/mol. The van der Waals surface area contributed by atoms with Gasteiger partial charge >= 0.3 is 5.97 Å². The molecule has 0 radical (unpaired) electrons. The fraction of sp³-hybridized carbons (Fsp3) is 0.500. The maximum atomic E-state index is 11.6. The van der Waals surface area contributed by atoms with Gasteiger partial charge in [-0.2, -0.15) is 0 Å². The second-order valence-corrected chi connectivity index (χ2v) is 3.37. The quantitative estimate of drug-likeness (QED) is 0.650. The molecule has 0 bridgehead atoms. The topological polar surface area (TPSA) is 64.6 Å². The lowest BCUT2D eigenvalue weighted by molar-refractivity contribution is -0.144. The van der Waals surface area contributed by atoms with Gasteiger partial charge in [0.25, 0.3) is 0 Å². The Morgan fingerprint density at radius 3 is 3.19 bits per heavy atom. The second kappa shape index (κ2) is 4.89. The Labute approximate surface area is 93.2 Å². The van der Waals surface area contributed by atoms with Gasteiger partial charge < -0.3 is 14.4 Å². The molecule has 2 rings (SSSR count). The molecule has 1 unspecified atom stereocenters. The van der Waals surface area contributed by atoms with Gasteiger partial charge in [0.05, 0.1) is 26.5 Å². The number of hydrogen-bond donors (Lipinski definition) is 0. The molecule has 1 aromatic rings. The van der Waals surface area contributed by atoms with Gasteiger partial charge in [-0.1, -0.05) is 0 Å². The number of nitrogens with zero attached hydrogens (tertiary/aromatic N) is 3. The Morgan fingerprint density at radius 1 is 1.62 bits per heavy atom. The maximum absolute atomic E-state index is 11.6. The van der Waals surface area contributed by atoms with Crippen LogP contribution in [0.15, 0.2) is 18.6 Å². The van der Waals surface area contributed by atoms with Crippen molar-refractivity contribution in [1.29, 1.82) is 0 Å². The zero-order valence-corrected chi connectivity index (χ0v) is 9.00. The first-order valence-corrected chi connectivity index (χ1v) is 5.01. The van der Waals surface area contributed by atoms with E-state index in [9.17, 15) is 4.79 Å². The number of carbonyl (C=O) groups is 1. The summed E-state index contributed by atoms with van der Waals surface area (Å²) in [5.41, 5.74) is 0. The number of anilines is 1. The largest absolute Gasteiger partial charge is 0.467 e. The van der Waals surface area contributed by atoms with Gasteiger partial charge in [-0.25, -0.2) is 9.78 Å². The van der Waals surface area contributed by atoms with Crippen LogP contribution in [0.25, 0.3) is 0 Å². The molecule has 0 aromatic carbocycles. The normalized spacial score (nSPS) is 20.6. The highest BCUT2D eigenvalue weighted by atomic mass is 16.5. The second-order valence-electron chi connectivity index (χ2n) is 3.37. The first-order valence-electron chi connectivity index (χ1n) is 5.01. The fourth-order valence-electron chi connectivity index (χ4n) is 1.65. The Balaban J connectivity index is 2.20. The molecule has 0 N–H and O–H groups in total. The lowest BCUT2D eigenvalue weighted by atomic mass is 10.2. The fourth-order valence-corrected chi connectivity index (χ4v) is 1.65. The van der Waals surface area contributed by atoms with Gasteiger partial charge in [-0.05, 0) is 0 Å². The molecule has 0 aliphatic carbocycles. The third kappa shape index (κ3) is 2.11. The minimum absolute atomic E-state index is 0.314. The lowest BCUT2D eigenvalue weighted by Gasteiger charge is -2.34. The first kappa shape index (κ1) is 10.8. The van der Waals surface area contributed by atoms with Crippen LogP contribution in [-0.4, -0.2) is 48.8 Å². The lowest BCUT2D eigenvalue weighted by Crippen LogP contribution is -2.51. The summed E-state index contributed by atoms with van der Waals surface area (Å²) in [7, 11) is 1.37. The molecule has 0 saturated carbocycles. The number of rotatable bonds is 2. The molecule has 6 heteroatoms. The van der Waals surface area contributed by atoms with Crippen LogP contribution >= 0.6 is 0 Å². The van der Waals surface area contributed by atoms with E-state index in [4.69, 9.17) is 9.47 Å². The Kier molecular flexibility index (Phi) is 3.31. The van der Waals surface area contributed by atoms with E-state index in [0.717, 1.165) is 0 Å². The van der Waals surface area contributed by atoms with Gasteiger partial charge in [0.2, 0.25) is 0 Å². The van der Waals surface area contributed by atoms with E-state index < -0.39 is 6.04 Å². The molecule has 1 aliphatic rings. The van der Waals surface area contributed by atoms with Gasteiger partial charge in [0.15, 0.2) is 6.04 Å². The van der Waals surface area contributed by atoms with Crippen LogP contribution in [-0.2, 0) is 14.3 Å². The van der Waals surface area contributed by atoms with Crippen molar-refractivity contribution >= 4 is 11.8 Å². The van der Waals surface area contributed by atoms with Gasteiger partial charge in [-0.3, -0.25) is 4.98 Å². The molecule has 2 heterocycles. The summed E-state index contributed by atoms with van der Waals surface area (Å²) in [4.78, 5) is 21.6. The highest BCUT2D eigenvalue weighted by molar-refractivity contribution is 5.79. The molecular formula is C10H13N3O3. The summed E-state index contributed by atoms with van der Waals surface area (Å²) < 4.78 is 10.00. The van der Waals surface area contributed by atoms with Crippen LogP contribution in [0, 0.1) is 0 Å². The Bertz CT molecular complexity index is 358. The van der Waals surface area contributed by atoms with Gasteiger partial charge in [0.1, 0.15) is 5.82 Å². The number of esters is 1. The first-order chi connectivity index (χ1) is 7.83. The SMILES string of the molecule is COC(=O)C1COCCN1c1cnccn1. The highest BCUT2D eigenvalue weighted by Crippen LogP contribution is 2.16. The van der Waals surface area contributed by atoms with Gasteiger partial charge in [-0.15, -0.1) is 0 Å². The predicted molar refractivity (Wildman–Crippen MR) is 56.0 cm³/mol. The summed E-state index contributed by atoms with van der Waals surface area (Å²) in [6.45, 7) is 1.51. The summed E-state index contributed by atoms with van der Waals surface area (Å²) in [6.07, 6.45) is 4.82. The van der Waals surface area contributed by atoms with E-state index in [1.54, 1.807) is 18.6 Å². The van der Waals surface area contributed by atoms with Crippen LogP contribution in [0.4, 0.5) is 5.82 Å². The number of carbonyl (C=O) groups excluding carboxylic acids is 1. The van der Waals surface area contributed by atoms with Crippen molar-refractivity contribution in [2.24, 2.45) is 0 Å². The number of methoxy groups -OCH3 is 1. The molecule has 0 spiro atoms. The maximum Gasteiger partial charge on any atom is 0.330 e. The van der Waals surface area contributed by atoms with Crippen molar-refractivity contribution in [3.8, 4) is 0 Å². The van der Waals surface area contributed by atoms with Crippen LogP contribution in [0.1, 0.15) is 0 Å². The third-order valence-electron chi connectivity index (χ3n) is 2.45. The predicted octanol–water partition coefficient (Wildman–Crippen LogP) is -0.145. The van der Waals surface area contributed by atoms with Crippen LogP contribution in [0.2, 0.25) is 0 Å². The van der Waals surface area contributed by atoms with Crippen molar-refractivity contribution in [3.63, 3.8) is 0 Å². The molecule has 1 saturated heterocycles. The van der Waals surface area contributed by atoms with Crippen LogP contribution in [0.5, 0.6) is 0 Å². The molecular weight excluding hydrogens is 210 g/mol. The minimum Gasteiger partial charge on any atom is -0.467 e. The van der Waals surface area contributed by atoms with Crippen molar-refractivity contribution in [2.75, 3.05) is 31.8 Å². The van der Waals surface area contributed by atoms with Crippen molar-refractivity contribution in [1.82, 2.24) is 9.97 Å². The van der Waals surface area contributed by atoms with Crippen LogP contribution in [0.3, 0.4) is 0 Å². The zero-order valence-electron chi connectivity index (χ0n) is 9.00. The van der Waals surface area contributed by atoms with Crippen LogP contribution < -0.4 is 4.90 Å². The summed E-state index contributed by atoms with van der Waals surface area (Å²) >= 11 is 0. The molecule has 0 amide bonds. The highest BCUT2D eigenvalue weighted by Gasteiger charge is 2.31. The number of aromatic nitrogens is 2. The number of ether oxygens (including phenoxy) is 2. The van der Waals surface area contributed by atoms with E-state index in [-0.39, 0.29) is 5.97 Å². The third-order valence-corrected chi connectivity index (χ3v) is 2.45. The van der Waals surface area contributed by atoms with E-state index in [0.29, 0.717) is 25.6 Å². The van der Waals surface area contributed by atoms with E-state index in [2.05, 4.69) is 9.97 Å². The summed E-state index contributed by atoms with van der Waals surface area (Å²) in [5, 5.41) is 0. The monoisotopic (exact) mass is 223 g/mol.